The Balaban J connectivity index is 2.43. The van der Waals surface area contributed by atoms with Gasteiger partial charge in [-0.25, -0.2) is 0 Å². The first kappa shape index (κ1) is 16.5. The minimum atomic E-state index is -0.498. The molecule has 0 aliphatic heterocycles. The predicted molar refractivity (Wildman–Crippen MR) is 90.9 cm³/mol. The Bertz CT molecular complexity index is 987. The van der Waals surface area contributed by atoms with Crippen molar-refractivity contribution in [2.45, 2.75) is 0 Å². The van der Waals surface area contributed by atoms with Crippen molar-refractivity contribution in [1.82, 2.24) is 0 Å². The molecule has 3 aromatic rings. The lowest BCUT2D eigenvalue weighted by molar-refractivity contribution is 0.341. The molecule has 130 valence electrons. The van der Waals surface area contributed by atoms with Crippen molar-refractivity contribution < 1.29 is 28.8 Å². The standard InChI is InChI=1S/C18H16O7/c1-22-12-8-11-13(17(23-2)14(12)20)15(21)18(24-3)16(25-11)9-4-6-10(19)7-5-9/h4-8,19-20H,1-3H3. The van der Waals surface area contributed by atoms with Crippen LogP contribution in [0.1, 0.15) is 0 Å². The molecule has 2 aromatic carbocycles. The molecule has 0 bridgehead atoms. The molecule has 1 heterocycles. The third-order valence-electron chi connectivity index (χ3n) is 3.79. The third-order valence-corrected chi connectivity index (χ3v) is 3.79. The highest BCUT2D eigenvalue weighted by Crippen LogP contribution is 2.43. The van der Waals surface area contributed by atoms with Crippen LogP contribution in [0.25, 0.3) is 22.3 Å². The van der Waals surface area contributed by atoms with E-state index in [1.165, 1.54) is 39.5 Å². The summed E-state index contributed by atoms with van der Waals surface area (Å²) in [5.74, 6) is -0.0211. The number of benzene rings is 2. The molecule has 0 saturated carbocycles. The first-order chi connectivity index (χ1) is 12.0. The number of phenolic OH excluding ortho intramolecular Hbond substituents is 2. The number of rotatable bonds is 4. The van der Waals surface area contributed by atoms with Gasteiger partial charge < -0.3 is 28.8 Å². The van der Waals surface area contributed by atoms with Crippen LogP contribution >= 0.6 is 0 Å². The van der Waals surface area contributed by atoms with Crippen LogP contribution in [0.15, 0.2) is 39.5 Å². The largest absolute Gasteiger partial charge is 0.508 e. The fraction of sp³-hybridized carbons (Fsp3) is 0.167. The minimum absolute atomic E-state index is 0.0407. The van der Waals surface area contributed by atoms with Gasteiger partial charge in [-0.3, -0.25) is 4.79 Å². The quantitative estimate of drug-likeness (QED) is 0.751. The number of hydrogen-bond donors (Lipinski definition) is 2. The van der Waals surface area contributed by atoms with Gasteiger partial charge in [-0.1, -0.05) is 0 Å². The summed E-state index contributed by atoms with van der Waals surface area (Å²) in [6.07, 6.45) is 0. The van der Waals surface area contributed by atoms with E-state index in [2.05, 4.69) is 0 Å². The summed E-state index contributed by atoms with van der Waals surface area (Å²) >= 11 is 0. The van der Waals surface area contributed by atoms with Crippen molar-refractivity contribution in [2.24, 2.45) is 0 Å². The van der Waals surface area contributed by atoms with Crippen LogP contribution in [-0.4, -0.2) is 31.5 Å². The van der Waals surface area contributed by atoms with Gasteiger partial charge in [0, 0.05) is 11.6 Å². The Morgan fingerprint density at radius 3 is 2.12 bits per heavy atom. The Morgan fingerprint density at radius 2 is 1.56 bits per heavy atom. The third kappa shape index (κ3) is 2.59. The van der Waals surface area contributed by atoms with E-state index in [1.807, 2.05) is 0 Å². The van der Waals surface area contributed by atoms with E-state index in [0.717, 1.165) is 0 Å². The zero-order chi connectivity index (χ0) is 18.1. The van der Waals surface area contributed by atoms with Gasteiger partial charge in [0.15, 0.2) is 17.3 Å². The maximum atomic E-state index is 12.9. The molecule has 0 fully saturated rings. The van der Waals surface area contributed by atoms with Crippen molar-refractivity contribution in [3.8, 4) is 40.1 Å². The summed E-state index contributed by atoms with van der Waals surface area (Å²) in [4.78, 5) is 12.9. The highest BCUT2D eigenvalue weighted by Gasteiger charge is 2.24. The van der Waals surface area contributed by atoms with Gasteiger partial charge in [-0.05, 0) is 24.3 Å². The molecular weight excluding hydrogens is 328 g/mol. The molecule has 25 heavy (non-hydrogen) atoms. The van der Waals surface area contributed by atoms with Crippen molar-refractivity contribution >= 4 is 11.0 Å². The summed E-state index contributed by atoms with van der Waals surface area (Å²) < 4.78 is 21.3. The van der Waals surface area contributed by atoms with Crippen LogP contribution in [-0.2, 0) is 0 Å². The van der Waals surface area contributed by atoms with E-state index in [0.29, 0.717) is 5.56 Å². The number of aromatic hydroxyl groups is 2. The summed E-state index contributed by atoms with van der Waals surface area (Å²) in [5.41, 5.74) is 0.210. The SMILES string of the molecule is COc1cc2oc(-c3ccc(O)cc3)c(OC)c(=O)c2c(OC)c1O. The van der Waals surface area contributed by atoms with Crippen LogP contribution in [0.4, 0.5) is 0 Å². The second-order valence-corrected chi connectivity index (χ2v) is 5.17. The first-order valence-corrected chi connectivity index (χ1v) is 7.30. The van der Waals surface area contributed by atoms with E-state index in [-0.39, 0.29) is 45.5 Å². The van der Waals surface area contributed by atoms with Crippen LogP contribution < -0.4 is 19.6 Å². The van der Waals surface area contributed by atoms with Gasteiger partial charge in [0.05, 0.1) is 21.3 Å². The topological polar surface area (TPSA) is 98.4 Å². The molecule has 0 aliphatic carbocycles. The average Bonchev–Trinajstić information content (AvgIpc) is 2.62. The molecule has 0 unspecified atom stereocenters. The summed E-state index contributed by atoms with van der Waals surface area (Å²) in [7, 11) is 4.05. The summed E-state index contributed by atoms with van der Waals surface area (Å²) in [5, 5.41) is 19.7. The van der Waals surface area contributed by atoms with Crippen LogP contribution in [0, 0.1) is 0 Å². The lowest BCUT2D eigenvalue weighted by atomic mass is 10.1. The van der Waals surface area contributed by atoms with E-state index in [1.54, 1.807) is 12.1 Å². The Labute approximate surface area is 142 Å². The number of methoxy groups -OCH3 is 3. The predicted octanol–water partition coefficient (Wildman–Crippen LogP) is 2.90. The molecule has 0 spiro atoms. The Morgan fingerprint density at radius 1 is 0.920 bits per heavy atom. The molecule has 0 atom stereocenters. The molecule has 0 amide bonds. The maximum Gasteiger partial charge on any atom is 0.239 e. The van der Waals surface area contributed by atoms with Crippen molar-refractivity contribution in [3.05, 3.63) is 40.6 Å². The van der Waals surface area contributed by atoms with E-state index >= 15 is 0 Å². The number of fused-ring (bicyclic) bond motifs is 1. The molecule has 0 aliphatic rings. The minimum Gasteiger partial charge on any atom is -0.508 e. The molecule has 7 nitrogen and oxygen atoms in total. The van der Waals surface area contributed by atoms with Gasteiger partial charge in [0.1, 0.15) is 16.7 Å². The number of hydrogen-bond acceptors (Lipinski definition) is 7. The highest BCUT2D eigenvalue weighted by atomic mass is 16.5. The van der Waals surface area contributed by atoms with Crippen LogP contribution in [0.2, 0.25) is 0 Å². The van der Waals surface area contributed by atoms with Crippen LogP contribution in [0.5, 0.6) is 28.7 Å². The Hall–Kier alpha value is -3.35. The first-order valence-electron chi connectivity index (χ1n) is 7.30. The molecule has 0 radical (unpaired) electrons. The number of phenols is 2. The second kappa shape index (κ2) is 6.27. The maximum absolute atomic E-state index is 12.9. The van der Waals surface area contributed by atoms with Crippen molar-refractivity contribution in [3.63, 3.8) is 0 Å². The van der Waals surface area contributed by atoms with Gasteiger partial charge in [-0.2, -0.15) is 0 Å². The lowest BCUT2D eigenvalue weighted by Gasteiger charge is -2.14. The average molecular weight is 344 g/mol. The normalized spacial score (nSPS) is 10.7. The summed E-state index contributed by atoms with van der Waals surface area (Å²) in [6, 6.07) is 7.53. The highest BCUT2D eigenvalue weighted by molar-refractivity contribution is 5.91. The molecule has 0 saturated heterocycles. The zero-order valence-electron chi connectivity index (χ0n) is 13.8. The van der Waals surface area contributed by atoms with Crippen LogP contribution in [0.3, 0.4) is 0 Å². The molecule has 2 N–H and O–H groups in total. The fourth-order valence-corrected chi connectivity index (χ4v) is 2.61. The second-order valence-electron chi connectivity index (χ2n) is 5.17. The molecular formula is C18H16O7. The van der Waals surface area contributed by atoms with Crippen molar-refractivity contribution in [1.29, 1.82) is 0 Å². The lowest BCUT2D eigenvalue weighted by Crippen LogP contribution is -2.09. The van der Waals surface area contributed by atoms with E-state index in [4.69, 9.17) is 18.6 Å². The zero-order valence-corrected chi connectivity index (χ0v) is 13.8. The number of ether oxygens (including phenoxy) is 3. The van der Waals surface area contributed by atoms with Gasteiger partial charge >= 0.3 is 0 Å². The van der Waals surface area contributed by atoms with Gasteiger partial charge in [0.2, 0.25) is 16.9 Å². The van der Waals surface area contributed by atoms with E-state index in [9.17, 15) is 15.0 Å². The van der Waals surface area contributed by atoms with E-state index < -0.39 is 5.43 Å². The van der Waals surface area contributed by atoms with Crippen molar-refractivity contribution in [2.75, 3.05) is 21.3 Å². The van der Waals surface area contributed by atoms with Gasteiger partial charge in [0.25, 0.3) is 0 Å². The monoisotopic (exact) mass is 344 g/mol. The Kier molecular flexibility index (Phi) is 4.14. The molecule has 3 rings (SSSR count). The molecule has 1 aromatic heterocycles. The fourth-order valence-electron chi connectivity index (χ4n) is 2.61. The van der Waals surface area contributed by atoms with Gasteiger partial charge in [-0.15, -0.1) is 0 Å². The smallest absolute Gasteiger partial charge is 0.239 e. The summed E-state index contributed by atoms with van der Waals surface area (Å²) in [6.45, 7) is 0. The molecule has 7 heteroatoms.